The number of imidazole rings is 1. The Hall–Kier alpha value is -2.29. The second-order valence-corrected chi connectivity index (χ2v) is 5.22. The second kappa shape index (κ2) is 5.60. The van der Waals surface area contributed by atoms with E-state index in [1.54, 1.807) is 7.11 Å². The molecule has 0 saturated carbocycles. The van der Waals surface area contributed by atoms with Crippen LogP contribution in [0.5, 0.6) is 5.75 Å². The lowest BCUT2D eigenvalue weighted by Gasteiger charge is -2.04. The van der Waals surface area contributed by atoms with E-state index >= 15 is 0 Å². The molecule has 1 heterocycles. The van der Waals surface area contributed by atoms with Gasteiger partial charge in [-0.15, -0.1) is 0 Å². The molecule has 0 N–H and O–H groups in total. The van der Waals surface area contributed by atoms with Crippen molar-refractivity contribution < 1.29 is 9.30 Å². The number of nitrogens with zero attached hydrogens (tertiary/aromatic N) is 2. The highest BCUT2D eigenvalue weighted by Gasteiger charge is 2.20. The first-order valence-electron chi connectivity index (χ1n) is 7.35. The van der Waals surface area contributed by atoms with Crippen molar-refractivity contribution >= 4 is 11.0 Å². The summed E-state index contributed by atoms with van der Waals surface area (Å²) in [6, 6.07) is 16.9. The van der Waals surface area contributed by atoms with Gasteiger partial charge in [0.05, 0.1) is 13.7 Å². The molecule has 0 bridgehead atoms. The number of rotatable bonds is 4. The van der Waals surface area contributed by atoms with Crippen LogP contribution in [0, 0.1) is 6.92 Å². The van der Waals surface area contributed by atoms with Crippen LogP contribution in [0.25, 0.3) is 11.0 Å². The van der Waals surface area contributed by atoms with Gasteiger partial charge >= 0.3 is 0 Å². The van der Waals surface area contributed by atoms with E-state index in [-0.39, 0.29) is 0 Å². The number of benzene rings is 2. The average molecular weight is 281 g/mol. The zero-order valence-corrected chi connectivity index (χ0v) is 12.8. The zero-order valence-electron chi connectivity index (χ0n) is 12.8. The Bertz CT molecular complexity index is 774. The van der Waals surface area contributed by atoms with Gasteiger partial charge in [0.2, 0.25) is 0 Å². The van der Waals surface area contributed by atoms with E-state index in [1.807, 2.05) is 12.1 Å². The van der Waals surface area contributed by atoms with Gasteiger partial charge in [-0.1, -0.05) is 24.3 Å². The first-order chi connectivity index (χ1) is 10.2. The molecule has 0 aliphatic heterocycles. The van der Waals surface area contributed by atoms with Crippen LogP contribution in [0.2, 0.25) is 0 Å². The summed E-state index contributed by atoms with van der Waals surface area (Å²) in [6.45, 7) is 6.22. The van der Waals surface area contributed by atoms with Crippen LogP contribution in [0.1, 0.15) is 18.3 Å². The second-order valence-electron chi connectivity index (χ2n) is 5.22. The Morgan fingerprint density at radius 2 is 1.90 bits per heavy atom. The summed E-state index contributed by atoms with van der Waals surface area (Å²) in [5, 5.41) is 0. The normalized spacial score (nSPS) is 11.0. The maximum absolute atomic E-state index is 5.32. The van der Waals surface area contributed by atoms with Crippen molar-refractivity contribution in [2.45, 2.75) is 26.9 Å². The monoisotopic (exact) mass is 281 g/mol. The molecular weight excluding hydrogens is 260 g/mol. The van der Waals surface area contributed by atoms with E-state index < -0.39 is 0 Å². The maximum atomic E-state index is 5.32. The molecule has 3 nitrogen and oxygen atoms in total. The van der Waals surface area contributed by atoms with Gasteiger partial charge in [-0.2, -0.15) is 0 Å². The van der Waals surface area contributed by atoms with Crippen molar-refractivity contribution in [2.75, 3.05) is 7.11 Å². The van der Waals surface area contributed by atoms with E-state index in [4.69, 9.17) is 4.74 Å². The number of fused-ring (bicyclic) bond motifs is 1. The summed E-state index contributed by atoms with van der Waals surface area (Å²) >= 11 is 0. The fourth-order valence-electron chi connectivity index (χ4n) is 2.97. The lowest BCUT2D eigenvalue weighted by molar-refractivity contribution is -0.669. The van der Waals surface area contributed by atoms with E-state index in [1.165, 1.54) is 22.4 Å². The van der Waals surface area contributed by atoms with Gasteiger partial charge in [-0.3, -0.25) is 0 Å². The molecule has 0 fully saturated rings. The Labute approximate surface area is 125 Å². The number of hydrogen-bond acceptors (Lipinski definition) is 1. The van der Waals surface area contributed by atoms with E-state index in [9.17, 15) is 0 Å². The van der Waals surface area contributed by atoms with Crippen molar-refractivity contribution in [1.29, 1.82) is 0 Å². The van der Waals surface area contributed by atoms with E-state index in [0.717, 1.165) is 18.8 Å². The minimum Gasteiger partial charge on any atom is -0.497 e. The standard InChI is InChI=1S/C18H21N2O/c1-4-19-14(2)20(18-11-6-5-10-17(18)19)13-15-8-7-9-16(12-15)21-3/h5-12H,4,13H2,1-3H3/q+1. The van der Waals surface area contributed by atoms with Crippen molar-refractivity contribution in [2.24, 2.45) is 0 Å². The summed E-state index contributed by atoms with van der Waals surface area (Å²) in [7, 11) is 1.71. The van der Waals surface area contributed by atoms with E-state index in [2.05, 4.69) is 59.4 Å². The molecule has 0 atom stereocenters. The lowest BCUT2D eigenvalue weighted by Crippen LogP contribution is -2.37. The van der Waals surface area contributed by atoms with Crippen LogP contribution in [0.3, 0.4) is 0 Å². The topological polar surface area (TPSA) is 18.0 Å². The number of aryl methyl sites for hydroxylation is 1. The quantitative estimate of drug-likeness (QED) is 0.671. The number of aromatic nitrogens is 2. The van der Waals surface area contributed by atoms with Crippen LogP contribution in [0.4, 0.5) is 0 Å². The molecule has 0 aliphatic rings. The average Bonchev–Trinajstić information content (AvgIpc) is 2.79. The molecule has 0 saturated heterocycles. The Morgan fingerprint density at radius 3 is 2.67 bits per heavy atom. The lowest BCUT2D eigenvalue weighted by atomic mass is 10.2. The van der Waals surface area contributed by atoms with Crippen LogP contribution >= 0.6 is 0 Å². The van der Waals surface area contributed by atoms with Crippen molar-refractivity contribution in [3.05, 3.63) is 59.9 Å². The molecule has 2 aromatic carbocycles. The maximum Gasteiger partial charge on any atom is 0.254 e. The molecule has 0 amide bonds. The number of ether oxygens (including phenoxy) is 1. The highest BCUT2D eigenvalue weighted by atomic mass is 16.5. The van der Waals surface area contributed by atoms with Gasteiger partial charge in [-0.25, -0.2) is 9.13 Å². The fourth-order valence-corrected chi connectivity index (χ4v) is 2.97. The first-order valence-corrected chi connectivity index (χ1v) is 7.35. The third-order valence-electron chi connectivity index (χ3n) is 4.04. The Morgan fingerprint density at radius 1 is 1.10 bits per heavy atom. The van der Waals surface area contributed by atoms with Gasteiger partial charge in [0.15, 0.2) is 11.0 Å². The molecule has 3 rings (SSSR count). The van der Waals surface area contributed by atoms with Crippen LogP contribution in [-0.4, -0.2) is 11.7 Å². The van der Waals surface area contributed by atoms with Gasteiger partial charge in [0.1, 0.15) is 12.3 Å². The van der Waals surface area contributed by atoms with Crippen molar-refractivity contribution in [1.82, 2.24) is 4.57 Å². The van der Waals surface area contributed by atoms with E-state index in [0.29, 0.717) is 0 Å². The summed E-state index contributed by atoms with van der Waals surface area (Å²) in [5.74, 6) is 2.19. The predicted octanol–water partition coefficient (Wildman–Crippen LogP) is 3.31. The Kier molecular flexibility index (Phi) is 3.65. The molecule has 0 spiro atoms. The van der Waals surface area contributed by atoms with Gasteiger partial charge in [0, 0.05) is 6.92 Å². The molecule has 3 aromatic rings. The van der Waals surface area contributed by atoms with Gasteiger partial charge < -0.3 is 4.74 Å². The van der Waals surface area contributed by atoms with Crippen LogP contribution in [-0.2, 0) is 13.1 Å². The molecule has 1 aromatic heterocycles. The highest BCUT2D eigenvalue weighted by molar-refractivity contribution is 5.72. The Balaban J connectivity index is 2.09. The third kappa shape index (κ3) is 2.40. The number of para-hydroxylation sites is 2. The zero-order chi connectivity index (χ0) is 14.8. The summed E-state index contributed by atoms with van der Waals surface area (Å²) in [6.07, 6.45) is 0. The first kappa shape index (κ1) is 13.7. The SMILES string of the molecule is CCn1c(C)[n+](Cc2cccc(OC)c2)c2ccccc21. The minimum atomic E-state index is 0.858. The largest absolute Gasteiger partial charge is 0.497 e. The highest BCUT2D eigenvalue weighted by Crippen LogP contribution is 2.17. The predicted molar refractivity (Wildman–Crippen MR) is 84.6 cm³/mol. The number of methoxy groups -OCH3 is 1. The molecule has 3 heteroatoms. The van der Waals surface area contributed by atoms with Crippen LogP contribution < -0.4 is 9.30 Å². The smallest absolute Gasteiger partial charge is 0.254 e. The summed E-state index contributed by atoms with van der Waals surface area (Å²) in [5.41, 5.74) is 3.82. The molecule has 21 heavy (non-hydrogen) atoms. The summed E-state index contributed by atoms with van der Waals surface area (Å²) in [4.78, 5) is 0. The summed E-state index contributed by atoms with van der Waals surface area (Å²) < 4.78 is 10.0. The fraction of sp³-hybridized carbons (Fsp3) is 0.278. The van der Waals surface area contributed by atoms with Crippen molar-refractivity contribution in [3.8, 4) is 5.75 Å². The third-order valence-corrected chi connectivity index (χ3v) is 4.04. The number of hydrogen-bond donors (Lipinski definition) is 0. The van der Waals surface area contributed by atoms with Gasteiger partial charge in [-0.05, 0) is 36.8 Å². The molecule has 108 valence electrons. The minimum absolute atomic E-state index is 0.858. The van der Waals surface area contributed by atoms with Gasteiger partial charge in [0.25, 0.3) is 5.82 Å². The molecule has 0 aliphatic carbocycles. The molecule has 0 radical (unpaired) electrons. The van der Waals surface area contributed by atoms with Crippen LogP contribution in [0.15, 0.2) is 48.5 Å². The van der Waals surface area contributed by atoms with Crippen molar-refractivity contribution in [3.63, 3.8) is 0 Å². The molecule has 0 unspecified atom stereocenters. The molecular formula is C18H21N2O+.